The molecule has 0 aliphatic rings. The fraction of sp³-hybridized carbons (Fsp3) is 0.143. The van der Waals surface area contributed by atoms with Crippen LogP contribution in [0.1, 0.15) is 6.42 Å². The van der Waals surface area contributed by atoms with Crippen LogP contribution >= 0.6 is 11.8 Å². The molecule has 0 saturated carbocycles. The van der Waals surface area contributed by atoms with E-state index in [0.717, 1.165) is 15.7 Å². The van der Waals surface area contributed by atoms with Crippen molar-refractivity contribution in [1.29, 1.82) is 0 Å². The molecule has 0 aliphatic carbocycles. The molecule has 4 nitrogen and oxygen atoms in total. The van der Waals surface area contributed by atoms with E-state index in [1.54, 1.807) is 11.8 Å². The molecule has 0 heterocycles. The minimum absolute atomic E-state index is 0.265. The van der Waals surface area contributed by atoms with Crippen molar-refractivity contribution in [3.63, 3.8) is 0 Å². The van der Waals surface area contributed by atoms with E-state index in [1.165, 1.54) is 0 Å². The highest BCUT2D eigenvalue weighted by Crippen LogP contribution is 2.23. The molecule has 1 amide bonds. The van der Waals surface area contributed by atoms with E-state index in [9.17, 15) is 9.59 Å². The maximum atomic E-state index is 12.1. The van der Waals surface area contributed by atoms with Gasteiger partial charge in [-0.2, -0.15) is 0 Å². The van der Waals surface area contributed by atoms with Crippen molar-refractivity contribution in [2.45, 2.75) is 11.3 Å². The molecule has 26 heavy (non-hydrogen) atoms. The molecule has 0 saturated heterocycles. The van der Waals surface area contributed by atoms with Crippen molar-refractivity contribution in [3.05, 3.63) is 72.8 Å². The molecule has 0 spiro atoms. The Kier molecular flexibility index (Phi) is 6.28. The van der Waals surface area contributed by atoms with Gasteiger partial charge in [-0.25, -0.2) is 0 Å². The summed E-state index contributed by atoms with van der Waals surface area (Å²) < 4.78 is 5.06. The number of amides is 1. The number of fused-ring (bicyclic) bond motifs is 1. The van der Waals surface area contributed by atoms with Crippen LogP contribution in [0.4, 0.5) is 5.69 Å². The second-order valence-corrected chi connectivity index (χ2v) is 6.82. The molecule has 0 aromatic heterocycles. The molecule has 0 unspecified atom stereocenters. The molecule has 132 valence electrons. The SMILES string of the molecule is O=C(COC(=O)CCSc1ccccc1)Nc1cccc2ccccc12. The van der Waals surface area contributed by atoms with Gasteiger partial charge in [0, 0.05) is 21.7 Å². The Balaban J connectivity index is 1.44. The van der Waals surface area contributed by atoms with Gasteiger partial charge in [0.05, 0.1) is 6.42 Å². The third-order valence-electron chi connectivity index (χ3n) is 3.75. The first-order valence-corrected chi connectivity index (χ1v) is 9.32. The summed E-state index contributed by atoms with van der Waals surface area (Å²) in [5.74, 6) is -0.0970. The van der Waals surface area contributed by atoms with Gasteiger partial charge < -0.3 is 10.1 Å². The molecular weight excluding hydrogens is 346 g/mol. The number of thioether (sulfide) groups is 1. The Morgan fingerprint density at radius 1 is 0.885 bits per heavy atom. The van der Waals surface area contributed by atoms with Crippen LogP contribution in [0, 0.1) is 0 Å². The topological polar surface area (TPSA) is 55.4 Å². The lowest BCUT2D eigenvalue weighted by atomic mass is 10.1. The summed E-state index contributed by atoms with van der Waals surface area (Å²) >= 11 is 1.59. The molecule has 5 heteroatoms. The number of anilines is 1. The van der Waals surface area contributed by atoms with Crippen molar-refractivity contribution in [3.8, 4) is 0 Å². The highest BCUT2D eigenvalue weighted by Gasteiger charge is 2.09. The minimum Gasteiger partial charge on any atom is -0.456 e. The smallest absolute Gasteiger partial charge is 0.307 e. The van der Waals surface area contributed by atoms with E-state index < -0.39 is 0 Å². The highest BCUT2D eigenvalue weighted by molar-refractivity contribution is 7.99. The number of nitrogens with one attached hydrogen (secondary N) is 1. The fourth-order valence-electron chi connectivity index (χ4n) is 2.51. The number of benzene rings is 3. The second-order valence-electron chi connectivity index (χ2n) is 5.65. The van der Waals surface area contributed by atoms with Crippen LogP contribution in [-0.2, 0) is 14.3 Å². The van der Waals surface area contributed by atoms with Gasteiger partial charge in [0.2, 0.25) is 0 Å². The summed E-state index contributed by atoms with van der Waals surface area (Å²) in [6.45, 7) is -0.280. The number of esters is 1. The van der Waals surface area contributed by atoms with E-state index >= 15 is 0 Å². The van der Waals surface area contributed by atoms with Crippen LogP contribution in [0.15, 0.2) is 77.7 Å². The molecule has 3 aromatic rings. The summed E-state index contributed by atoms with van der Waals surface area (Å²) in [4.78, 5) is 25.0. The minimum atomic E-state index is -0.374. The molecular formula is C21H19NO3S. The van der Waals surface area contributed by atoms with Crippen molar-refractivity contribution < 1.29 is 14.3 Å². The Hall–Kier alpha value is -2.79. The second kappa shape index (κ2) is 9.06. The van der Waals surface area contributed by atoms with Crippen LogP contribution in [0.5, 0.6) is 0 Å². The summed E-state index contributed by atoms with van der Waals surface area (Å²) in [7, 11) is 0. The molecule has 0 atom stereocenters. The summed E-state index contributed by atoms with van der Waals surface area (Å²) in [5.41, 5.74) is 0.712. The van der Waals surface area contributed by atoms with Crippen LogP contribution in [0.2, 0.25) is 0 Å². The first-order chi connectivity index (χ1) is 12.7. The molecule has 3 rings (SSSR count). The predicted molar refractivity (Wildman–Crippen MR) is 105 cm³/mol. The van der Waals surface area contributed by atoms with Gasteiger partial charge in [0.1, 0.15) is 0 Å². The number of ether oxygens (including phenoxy) is 1. The maximum Gasteiger partial charge on any atom is 0.307 e. The van der Waals surface area contributed by atoms with Crippen molar-refractivity contribution in [2.24, 2.45) is 0 Å². The van der Waals surface area contributed by atoms with Crippen molar-refractivity contribution >= 4 is 40.1 Å². The van der Waals surface area contributed by atoms with Crippen molar-refractivity contribution in [1.82, 2.24) is 0 Å². The summed E-state index contributed by atoms with van der Waals surface area (Å²) in [5, 5.41) is 4.80. The van der Waals surface area contributed by atoms with E-state index in [1.807, 2.05) is 72.8 Å². The highest BCUT2D eigenvalue weighted by atomic mass is 32.2. The van der Waals surface area contributed by atoms with Crippen LogP contribution in [0.3, 0.4) is 0 Å². The fourth-order valence-corrected chi connectivity index (χ4v) is 3.36. The Labute approximate surface area is 156 Å². The monoisotopic (exact) mass is 365 g/mol. The number of rotatable bonds is 7. The summed E-state index contributed by atoms with van der Waals surface area (Å²) in [6, 6.07) is 23.3. The van der Waals surface area contributed by atoms with Crippen LogP contribution in [0.25, 0.3) is 10.8 Å². The number of hydrogen-bond acceptors (Lipinski definition) is 4. The first kappa shape index (κ1) is 18.0. The third kappa shape index (κ3) is 5.10. The average molecular weight is 365 g/mol. The number of carbonyl (C=O) groups excluding carboxylic acids is 2. The van der Waals surface area contributed by atoms with Crippen LogP contribution < -0.4 is 5.32 Å². The van der Waals surface area contributed by atoms with Gasteiger partial charge in [-0.1, -0.05) is 54.6 Å². The molecule has 0 fully saturated rings. The molecule has 1 N–H and O–H groups in total. The predicted octanol–water partition coefficient (Wildman–Crippen LogP) is 4.50. The third-order valence-corrected chi connectivity index (χ3v) is 4.76. The first-order valence-electron chi connectivity index (χ1n) is 8.33. The quantitative estimate of drug-likeness (QED) is 0.495. The average Bonchev–Trinajstić information content (AvgIpc) is 2.67. The lowest BCUT2D eigenvalue weighted by Gasteiger charge is -2.09. The van der Waals surface area contributed by atoms with Gasteiger partial charge in [-0.05, 0) is 23.6 Å². The zero-order chi connectivity index (χ0) is 18.2. The molecule has 0 aliphatic heterocycles. The van der Waals surface area contributed by atoms with E-state index in [0.29, 0.717) is 11.4 Å². The van der Waals surface area contributed by atoms with Gasteiger partial charge >= 0.3 is 5.97 Å². The van der Waals surface area contributed by atoms with E-state index in [4.69, 9.17) is 4.74 Å². The maximum absolute atomic E-state index is 12.1. The van der Waals surface area contributed by atoms with Gasteiger partial charge in [0.15, 0.2) is 6.61 Å². The number of carbonyl (C=O) groups is 2. The lowest BCUT2D eigenvalue weighted by Crippen LogP contribution is -2.21. The largest absolute Gasteiger partial charge is 0.456 e. The number of hydrogen-bond donors (Lipinski definition) is 1. The van der Waals surface area contributed by atoms with Gasteiger partial charge in [0.25, 0.3) is 5.91 Å². The standard InChI is InChI=1S/C21H19NO3S/c23-20(22-19-12-6-8-16-7-4-5-11-18(16)19)15-25-21(24)13-14-26-17-9-2-1-3-10-17/h1-12H,13-15H2,(H,22,23). The molecule has 3 aromatic carbocycles. The van der Waals surface area contributed by atoms with Crippen molar-refractivity contribution in [2.75, 3.05) is 17.7 Å². The Morgan fingerprint density at radius 2 is 1.62 bits per heavy atom. The van der Waals surface area contributed by atoms with Gasteiger partial charge in [-0.15, -0.1) is 11.8 Å². The lowest BCUT2D eigenvalue weighted by molar-refractivity contribution is -0.146. The van der Waals surface area contributed by atoms with E-state index in [2.05, 4.69) is 5.32 Å². The zero-order valence-corrected chi connectivity index (χ0v) is 15.0. The Morgan fingerprint density at radius 3 is 2.46 bits per heavy atom. The molecule has 0 bridgehead atoms. The van der Waals surface area contributed by atoms with Crippen LogP contribution in [-0.4, -0.2) is 24.2 Å². The zero-order valence-electron chi connectivity index (χ0n) is 14.2. The molecule has 0 radical (unpaired) electrons. The van der Waals surface area contributed by atoms with Gasteiger partial charge in [-0.3, -0.25) is 9.59 Å². The van der Waals surface area contributed by atoms with E-state index in [-0.39, 0.29) is 24.9 Å². The normalized spacial score (nSPS) is 10.5. The Bertz CT molecular complexity index is 891. The summed E-state index contributed by atoms with van der Waals surface area (Å²) in [6.07, 6.45) is 0.265.